The molecule has 0 unspecified atom stereocenters. The number of nitrogens with zero attached hydrogens (tertiary/aromatic N) is 1. The minimum Gasteiger partial charge on any atom is -0.426 e. The van der Waals surface area contributed by atoms with Crippen LogP contribution in [0.4, 0.5) is 0 Å². The highest BCUT2D eigenvalue weighted by molar-refractivity contribution is 5.73. The van der Waals surface area contributed by atoms with Gasteiger partial charge >= 0.3 is 5.97 Å². The molecule has 0 amide bonds. The predicted molar refractivity (Wildman–Crippen MR) is 67.4 cm³/mol. The maximum atomic E-state index is 11.6. The molecule has 4 heteroatoms. The molecule has 0 aliphatic carbocycles. The lowest BCUT2D eigenvalue weighted by molar-refractivity contribution is -0.135. The highest BCUT2D eigenvalue weighted by Crippen LogP contribution is 2.24. The van der Waals surface area contributed by atoms with E-state index in [-0.39, 0.29) is 12.4 Å². The van der Waals surface area contributed by atoms with E-state index in [1.54, 1.807) is 12.1 Å². The van der Waals surface area contributed by atoms with E-state index in [4.69, 9.17) is 14.7 Å². The van der Waals surface area contributed by atoms with Crippen LogP contribution in [0, 0.1) is 25.2 Å². The van der Waals surface area contributed by atoms with Crippen molar-refractivity contribution in [3.8, 4) is 11.8 Å². The first-order valence-electron chi connectivity index (χ1n) is 5.88. The molecule has 96 valence electrons. The molecule has 0 aliphatic rings. The molecule has 0 saturated heterocycles. The number of hydrogen-bond acceptors (Lipinski definition) is 4. The molecular formula is C14H17NO3. The SMILES string of the molecule is CCOCCC(=O)Oc1c(C)cc(C#N)cc1C. The summed E-state index contributed by atoms with van der Waals surface area (Å²) in [6.45, 7) is 6.46. The van der Waals surface area contributed by atoms with Crippen LogP contribution < -0.4 is 4.74 Å². The lowest BCUT2D eigenvalue weighted by Gasteiger charge is -2.10. The molecule has 0 radical (unpaired) electrons. The van der Waals surface area contributed by atoms with Crippen molar-refractivity contribution in [3.63, 3.8) is 0 Å². The molecule has 0 bridgehead atoms. The Morgan fingerprint density at radius 2 is 1.94 bits per heavy atom. The van der Waals surface area contributed by atoms with E-state index >= 15 is 0 Å². The molecular weight excluding hydrogens is 230 g/mol. The van der Waals surface area contributed by atoms with E-state index in [9.17, 15) is 4.79 Å². The van der Waals surface area contributed by atoms with Gasteiger partial charge in [-0.25, -0.2) is 0 Å². The molecule has 0 heterocycles. The number of carbonyl (C=O) groups is 1. The van der Waals surface area contributed by atoms with Crippen molar-refractivity contribution in [2.75, 3.05) is 13.2 Å². The predicted octanol–water partition coefficient (Wildman–Crippen LogP) is 2.51. The highest BCUT2D eigenvalue weighted by Gasteiger charge is 2.11. The number of hydrogen-bond donors (Lipinski definition) is 0. The van der Waals surface area contributed by atoms with Crippen LogP contribution in [0.5, 0.6) is 5.75 Å². The fourth-order valence-electron chi connectivity index (χ4n) is 1.64. The molecule has 0 fully saturated rings. The van der Waals surface area contributed by atoms with Gasteiger partial charge < -0.3 is 9.47 Å². The zero-order chi connectivity index (χ0) is 13.5. The summed E-state index contributed by atoms with van der Waals surface area (Å²) < 4.78 is 10.4. The van der Waals surface area contributed by atoms with Gasteiger partial charge in [0.05, 0.1) is 24.7 Å². The van der Waals surface area contributed by atoms with Gasteiger partial charge in [0.15, 0.2) is 0 Å². The van der Waals surface area contributed by atoms with Gasteiger partial charge in [-0.05, 0) is 44.0 Å². The Bertz CT molecular complexity index is 451. The van der Waals surface area contributed by atoms with Crippen molar-refractivity contribution < 1.29 is 14.3 Å². The first kappa shape index (κ1) is 14.2. The number of ether oxygens (including phenoxy) is 2. The van der Waals surface area contributed by atoms with Crippen molar-refractivity contribution in [2.24, 2.45) is 0 Å². The van der Waals surface area contributed by atoms with Crippen LogP contribution in [-0.4, -0.2) is 19.2 Å². The van der Waals surface area contributed by atoms with E-state index in [0.717, 1.165) is 11.1 Å². The molecule has 1 aromatic rings. The molecule has 0 saturated carbocycles. The summed E-state index contributed by atoms with van der Waals surface area (Å²) in [5.74, 6) is 0.217. The first-order valence-corrected chi connectivity index (χ1v) is 5.88. The van der Waals surface area contributed by atoms with E-state index in [1.807, 2.05) is 20.8 Å². The van der Waals surface area contributed by atoms with E-state index in [1.165, 1.54) is 0 Å². The average Bonchev–Trinajstić information content (AvgIpc) is 2.34. The fourth-order valence-corrected chi connectivity index (χ4v) is 1.64. The van der Waals surface area contributed by atoms with Crippen molar-refractivity contribution in [3.05, 3.63) is 28.8 Å². The summed E-state index contributed by atoms with van der Waals surface area (Å²) in [6, 6.07) is 5.48. The number of carbonyl (C=O) groups excluding carboxylic acids is 1. The van der Waals surface area contributed by atoms with Crippen LogP contribution in [0.15, 0.2) is 12.1 Å². The third kappa shape index (κ3) is 3.86. The van der Waals surface area contributed by atoms with E-state index in [2.05, 4.69) is 6.07 Å². The standard InChI is InChI=1S/C14H17NO3/c1-4-17-6-5-13(16)18-14-10(2)7-12(9-15)8-11(14)3/h7-8H,4-6H2,1-3H3. The van der Waals surface area contributed by atoms with Crippen LogP contribution >= 0.6 is 0 Å². The maximum Gasteiger partial charge on any atom is 0.313 e. The fraction of sp³-hybridized carbons (Fsp3) is 0.429. The number of nitriles is 1. The Balaban J connectivity index is 2.73. The zero-order valence-electron chi connectivity index (χ0n) is 10.9. The number of benzene rings is 1. The third-order valence-electron chi connectivity index (χ3n) is 2.46. The van der Waals surface area contributed by atoms with E-state index < -0.39 is 0 Å². The van der Waals surface area contributed by atoms with Crippen molar-refractivity contribution in [2.45, 2.75) is 27.2 Å². The Morgan fingerprint density at radius 1 is 1.33 bits per heavy atom. The second kappa shape index (κ2) is 6.77. The minimum absolute atomic E-state index is 0.229. The largest absolute Gasteiger partial charge is 0.426 e. The maximum absolute atomic E-state index is 11.6. The van der Waals surface area contributed by atoms with Crippen molar-refractivity contribution in [1.29, 1.82) is 5.26 Å². The molecule has 18 heavy (non-hydrogen) atoms. The molecule has 0 spiro atoms. The van der Waals surface area contributed by atoms with Crippen LogP contribution in [0.25, 0.3) is 0 Å². The molecule has 0 aromatic heterocycles. The molecule has 1 rings (SSSR count). The van der Waals surface area contributed by atoms with Crippen molar-refractivity contribution in [1.82, 2.24) is 0 Å². The summed E-state index contributed by atoms with van der Waals surface area (Å²) in [7, 11) is 0. The van der Waals surface area contributed by atoms with Crippen LogP contribution in [0.1, 0.15) is 30.0 Å². The highest BCUT2D eigenvalue weighted by atomic mass is 16.5. The van der Waals surface area contributed by atoms with E-state index in [0.29, 0.717) is 24.5 Å². The molecule has 4 nitrogen and oxygen atoms in total. The second-order valence-corrected chi connectivity index (χ2v) is 3.97. The van der Waals surface area contributed by atoms with Gasteiger partial charge in [0.25, 0.3) is 0 Å². The molecule has 0 aliphatic heterocycles. The summed E-state index contributed by atoms with van der Waals surface area (Å²) in [4.78, 5) is 11.6. The Morgan fingerprint density at radius 3 is 2.44 bits per heavy atom. The summed E-state index contributed by atoms with van der Waals surface area (Å²) in [5, 5.41) is 8.83. The summed E-state index contributed by atoms with van der Waals surface area (Å²) >= 11 is 0. The van der Waals surface area contributed by atoms with Crippen LogP contribution in [-0.2, 0) is 9.53 Å². The lowest BCUT2D eigenvalue weighted by Crippen LogP contribution is -2.12. The van der Waals surface area contributed by atoms with Gasteiger partial charge in [-0.1, -0.05) is 0 Å². The van der Waals surface area contributed by atoms with Crippen molar-refractivity contribution >= 4 is 5.97 Å². The number of aryl methyl sites for hydroxylation is 2. The van der Waals surface area contributed by atoms with Gasteiger partial charge in [-0.15, -0.1) is 0 Å². The normalized spacial score (nSPS) is 9.89. The zero-order valence-corrected chi connectivity index (χ0v) is 10.9. The number of rotatable bonds is 5. The van der Waals surface area contributed by atoms with Gasteiger partial charge in [0.1, 0.15) is 5.75 Å². The smallest absolute Gasteiger partial charge is 0.313 e. The Kier molecular flexibility index (Phi) is 5.34. The number of esters is 1. The van der Waals surface area contributed by atoms with Gasteiger partial charge in [-0.2, -0.15) is 5.26 Å². The quantitative estimate of drug-likeness (QED) is 0.455. The monoisotopic (exact) mass is 247 g/mol. The Labute approximate surface area is 107 Å². The molecule has 1 aromatic carbocycles. The molecule has 0 atom stereocenters. The van der Waals surface area contributed by atoms with Crippen LogP contribution in [0.2, 0.25) is 0 Å². The first-order chi connectivity index (χ1) is 8.58. The minimum atomic E-state index is -0.320. The Hall–Kier alpha value is -1.86. The van der Waals surface area contributed by atoms with Gasteiger partial charge in [0.2, 0.25) is 0 Å². The third-order valence-corrected chi connectivity index (χ3v) is 2.46. The van der Waals surface area contributed by atoms with Crippen LogP contribution in [0.3, 0.4) is 0 Å². The van der Waals surface area contributed by atoms with Gasteiger partial charge in [-0.3, -0.25) is 4.79 Å². The lowest BCUT2D eigenvalue weighted by atomic mass is 10.1. The molecule has 0 N–H and O–H groups in total. The average molecular weight is 247 g/mol. The topological polar surface area (TPSA) is 59.3 Å². The second-order valence-electron chi connectivity index (χ2n) is 3.97. The summed E-state index contributed by atoms with van der Waals surface area (Å²) in [5.41, 5.74) is 2.15. The van der Waals surface area contributed by atoms with Gasteiger partial charge in [0, 0.05) is 6.61 Å². The summed E-state index contributed by atoms with van der Waals surface area (Å²) in [6.07, 6.45) is 0.229.